The van der Waals surface area contributed by atoms with Crippen molar-refractivity contribution < 1.29 is 9.53 Å². The highest BCUT2D eigenvalue weighted by atomic mass is 16.5. The van der Waals surface area contributed by atoms with Crippen LogP contribution in [-0.4, -0.2) is 23.6 Å². The summed E-state index contributed by atoms with van der Waals surface area (Å²) in [6.45, 7) is 4.42. The van der Waals surface area contributed by atoms with Gasteiger partial charge in [0.15, 0.2) is 0 Å². The number of hydrogen-bond donors (Lipinski definition) is 1. The number of nitrogens with one attached hydrogen (secondary N) is 1. The molecular formula is C13H18N2O2. The minimum Gasteiger partial charge on any atom is -0.462 e. The summed E-state index contributed by atoms with van der Waals surface area (Å²) in [4.78, 5) is 15.6. The number of anilines is 1. The minimum atomic E-state index is -0.316. The van der Waals surface area contributed by atoms with E-state index in [2.05, 4.69) is 17.2 Å². The molecule has 92 valence electrons. The van der Waals surface area contributed by atoms with Crippen molar-refractivity contribution in [1.29, 1.82) is 0 Å². The summed E-state index contributed by atoms with van der Waals surface area (Å²) in [6, 6.07) is 4.11. The van der Waals surface area contributed by atoms with E-state index in [1.165, 1.54) is 12.8 Å². The molecule has 1 fully saturated rings. The molecule has 0 spiro atoms. The van der Waals surface area contributed by atoms with Crippen LogP contribution in [0.4, 0.5) is 5.82 Å². The van der Waals surface area contributed by atoms with E-state index >= 15 is 0 Å². The van der Waals surface area contributed by atoms with Crippen molar-refractivity contribution >= 4 is 11.8 Å². The maximum absolute atomic E-state index is 11.4. The van der Waals surface area contributed by atoms with Crippen LogP contribution in [0.3, 0.4) is 0 Å². The van der Waals surface area contributed by atoms with Gasteiger partial charge >= 0.3 is 5.97 Å². The molecule has 0 bridgehead atoms. The van der Waals surface area contributed by atoms with Crippen molar-refractivity contribution in [1.82, 2.24) is 4.98 Å². The smallest absolute Gasteiger partial charge is 0.339 e. The standard InChI is InChI=1S/C13H18N2O2/c1-3-17-13(16)10-4-5-12(14-8-10)15-11-6-9(2)7-11/h4-5,8-9,11H,3,6-7H2,1-2H3,(H,14,15). The van der Waals surface area contributed by atoms with Crippen LogP contribution in [0.1, 0.15) is 37.0 Å². The SMILES string of the molecule is CCOC(=O)c1ccc(NC2CC(C)C2)nc1. The molecule has 0 radical (unpaired) electrons. The van der Waals surface area contributed by atoms with Gasteiger partial charge in [0.1, 0.15) is 5.82 Å². The monoisotopic (exact) mass is 234 g/mol. The van der Waals surface area contributed by atoms with E-state index in [0.29, 0.717) is 18.2 Å². The molecule has 0 aliphatic heterocycles. The zero-order valence-corrected chi connectivity index (χ0v) is 10.3. The second-order valence-electron chi connectivity index (χ2n) is 4.57. The molecule has 1 aliphatic rings. The average molecular weight is 234 g/mol. The molecule has 1 aliphatic carbocycles. The van der Waals surface area contributed by atoms with E-state index in [-0.39, 0.29) is 5.97 Å². The first-order valence-electron chi connectivity index (χ1n) is 6.08. The Labute approximate surface area is 101 Å². The van der Waals surface area contributed by atoms with Gasteiger partial charge in [0.2, 0.25) is 0 Å². The highest BCUT2D eigenvalue weighted by Crippen LogP contribution is 2.28. The van der Waals surface area contributed by atoms with E-state index < -0.39 is 0 Å². The average Bonchev–Trinajstić information content (AvgIpc) is 2.28. The third-order valence-corrected chi connectivity index (χ3v) is 3.00. The largest absolute Gasteiger partial charge is 0.462 e. The van der Waals surface area contributed by atoms with Crippen LogP contribution in [0.5, 0.6) is 0 Å². The predicted octanol–water partition coefficient (Wildman–Crippen LogP) is 2.47. The summed E-state index contributed by atoms with van der Waals surface area (Å²) in [5, 5.41) is 3.34. The Hall–Kier alpha value is -1.58. The lowest BCUT2D eigenvalue weighted by molar-refractivity contribution is 0.0526. The van der Waals surface area contributed by atoms with Crippen molar-refractivity contribution in [2.24, 2.45) is 5.92 Å². The number of pyridine rings is 1. The second kappa shape index (κ2) is 5.17. The molecule has 1 N–H and O–H groups in total. The van der Waals surface area contributed by atoms with Gasteiger partial charge in [-0.2, -0.15) is 0 Å². The van der Waals surface area contributed by atoms with Crippen LogP contribution in [0.25, 0.3) is 0 Å². The van der Waals surface area contributed by atoms with Crippen molar-refractivity contribution in [2.75, 3.05) is 11.9 Å². The predicted molar refractivity (Wildman–Crippen MR) is 66.0 cm³/mol. The first kappa shape index (κ1) is 11.9. The van der Waals surface area contributed by atoms with Gasteiger partial charge in [0.05, 0.1) is 12.2 Å². The molecule has 17 heavy (non-hydrogen) atoms. The number of hydrogen-bond acceptors (Lipinski definition) is 4. The topological polar surface area (TPSA) is 51.2 Å². The molecule has 1 heterocycles. The lowest BCUT2D eigenvalue weighted by Crippen LogP contribution is -2.34. The van der Waals surface area contributed by atoms with Gasteiger partial charge in [0, 0.05) is 12.2 Å². The lowest BCUT2D eigenvalue weighted by atomic mass is 9.82. The number of carbonyl (C=O) groups excluding carboxylic acids is 1. The summed E-state index contributed by atoms with van der Waals surface area (Å²) in [7, 11) is 0. The number of aromatic nitrogens is 1. The number of carbonyl (C=O) groups is 1. The van der Waals surface area contributed by atoms with E-state index in [4.69, 9.17) is 4.74 Å². The first-order chi connectivity index (χ1) is 8.19. The van der Waals surface area contributed by atoms with Crippen molar-refractivity contribution in [3.8, 4) is 0 Å². The zero-order valence-electron chi connectivity index (χ0n) is 10.3. The Balaban J connectivity index is 1.91. The molecule has 1 aromatic heterocycles. The van der Waals surface area contributed by atoms with Gasteiger partial charge in [-0.15, -0.1) is 0 Å². The van der Waals surface area contributed by atoms with Crippen LogP contribution in [0.2, 0.25) is 0 Å². The fraction of sp³-hybridized carbons (Fsp3) is 0.538. The normalized spacial score (nSPS) is 22.7. The van der Waals surface area contributed by atoms with Crippen LogP contribution in [0, 0.1) is 5.92 Å². The molecule has 1 saturated carbocycles. The first-order valence-corrected chi connectivity index (χ1v) is 6.08. The van der Waals surface area contributed by atoms with E-state index in [1.807, 2.05) is 6.07 Å². The lowest BCUT2D eigenvalue weighted by Gasteiger charge is -2.33. The summed E-state index contributed by atoms with van der Waals surface area (Å²) in [5.74, 6) is 1.32. The third kappa shape index (κ3) is 2.96. The Morgan fingerprint density at radius 2 is 2.29 bits per heavy atom. The molecule has 2 rings (SSSR count). The highest BCUT2D eigenvalue weighted by molar-refractivity contribution is 5.89. The number of ether oxygens (including phenoxy) is 1. The Kier molecular flexibility index (Phi) is 3.61. The molecule has 0 unspecified atom stereocenters. The Bertz CT molecular complexity index is 383. The Morgan fingerprint density at radius 3 is 2.82 bits per heavy atom. The Morgan fingerprint density at radius 1 is 1.53 bits per heavy atom. The summed E-state index contributed by atoms with van der Waals surface area (Å²) in [5.41, 5.74) is 0.499. The van der Waals surface area contributed by atoms with Crippen LogP contribution < -0.4 is 5.32 Å². The van der Waals surface area contributed by atoms with Gasteiger partial charge in [-0.25, -0.2) is 9.78 Å². The van der Waals surface area contributed by atoms with E-state index in [9.17, 15) is 4.79 Å². The quantitative estimate of drug-likeness (QED) is 0.813. The van der Waals surface area contributed by atoms with Crippen molar-refractivity contribution in [2.45, 2.75) is 32.7 Å². The third-order valence-electron chi connectivity index (χ3n) is 3.00. The molecule has 1 aromatic rings. The molecular weight excluding hydrogens is 216 g/mol. The highest BCUT2D eigenvalue weighted by Gasteiger charge is 2.25. The summed E-state index contributed by atoms with van der Waals surface area (Å²) in [6.07, 6.45) is 3.95. The summed E-state index contributed by atoms with van der Waals surface area (Å²) < 4.78 is 4.90. The van der Waals surface area contributed by atoms with Crippen LogP contribution in [0.15, 0.2) is 18.3 Å². The maximum Gasteiger partial charge on any atom is 0.339 e. The van der Waals surface area contributed by atoms with E-state index in [1.54, 1.807) is 19.2 Å². The maximum atomic E-state index is 11.4. The molecule has 0 saturated heterocycles. The van der Waals surface area contributed by atoms with Gasteiger partial charge in [0.25, 0.3) is 0 Å². The van der Waals surface area contributed by atoms with Gasteiger partial charge in [-0.05, 0) is 37.8 Å². The van der Waals surface area contributed by atoms with Crippen molar-refractivity contribution in [3.05, 3.63) is 23.9 Å². The number of esters is 1. The molecule has 0 aromatic carbocycles. The molecule has 0 amide bonds. The van der Waals surface area contributed by atoms with Crippen molar-refractivity contribution in [3.63, 3.8) is 0 Å². The summed E-state index contributed by atoms with van der Waals surface area (Å²) >= 11 is 0. The van der Waals surface area contributed by atoms with Crippen LogP contribution >= 0.6 is 0 Å². The van der Waals surface area contributed by atoms with Gasteiger partial charge in [-0.1, -0.05) is 6.92 Å². The number of nitrogens with zero attached hydrogens (tertiary/aromatic N) is 1. The van der Waals surface area contributed by atoms with Gasteiger partial charge in [-0.3, -0.25) is 0 Å². The second-order valence-corrected chi connectivity index (χ2v) is 4.57. The van der Waals surface area contributed by atoms with Gasteiger partial charge < -0.3 is 10.1 Å². The number of rotatable bonds is 4. The van der Waals surface area contributed by atoms with E-state index in [0.717, 1.165) is 11.7 Å². The molecule has 4 nitrogen and oxygen atoms in total. The zero-order chi connectivity index (χ0) is 12.3. The minimum absolute atomic E-state index is 0.316. The fourth-order valence-electron chi connectivity index (χ4n) is 2.04. The fourth-order valence-corrected chi connectivity index (χ4v) is 2.04. The molecule has 4 heteroatoms. The van der Waals surface area contributed by atoms with Crippen LogP contribution in [-0.2, 0) is 4.74 Å². The molecule has 0 atom stereocenters.